The van der Waals surface area contributed by atoms with Gasteiger partial charge in [0.2, 0.25) is 5.91 Å². The van der Waals surface area contributed by atoms with Crippen LogP contribution in [0.1, 0.15) is 31.0 Å². The van der Waals surface area contributed by atoms with E-state index in [0.29, 0.717) is 19.0 Å². The molecule has 0 aliphatic heterocycles. The molecule has 0 radical (unpaired) electrons. The second-order valence-corrected chi connectivity index (χ2v) is 6.11. The van der Waals surface area contributed by atoms with Gasteiger partial charge in [0.15, 0.2) is 0 Å². The summed E-state index contributed by atoms with van der Waals surface area (Å²) in [5, 5.41) is 3.11. The Morgan fingerprint density at radius 1 is 1.17 bits per heavy atom. The van der Waals surface area contributed by atoms with Crippen LogP contribution in [0.4, 0.5) is 0 Å². The second kappa shape index (κ2) is 8.39. The lowest BCUT2D eigenvalue weighted by Gasteiger charge is -2.24. The number of carbonyl (C=O) groups is 1. The minimum atomic E-state index is -0.0250. The third-order valence-electron chi connectivity index (χ3n) is 3.62. The Bertz CT molecular complexity index is 601. The first-order valence-corrected chi connectivity index (χ1v) is 7.83. The number of nitrogens with zero attached hydrogens (tertiary/aromatic N) is 3. The Morgan fingerprint density at radius 2 is 1.87 bits per heavy atom. The number of aromatic nitrogens is 2. The fourth-order valence-electron chi connectivity index (χ4n) is 2.52. The van der Waals surface area contributed by atoms with Crippen molar-refractivity contribution in [1.29, 1.82) is 0 Å². The van der Waals surface area contributed by atoms with E-state index < -0.39 is 0 Å². The van der Waals surface area contributed by atoms with Crippen molar-refractivity contribution in [1.82, 2.24) is 20.2 Å². The summed E-state index contributed by atoms with van der Waals surface area (Å²) in [7, 11) is 1.93. The number of hydrogen-bond donors (Lipinski definition) is 1. The molecule has 0 saturated heterocycles. The topological polar surface area (TPSA) is 58.1 Å². The summed E-state index contributed by atoms with van der Waals surface area (Å²) in [6.45, 7) is 5.23. The predicted molar refractivity (Wildman–Crippen MR) is 90.5 cm³/mol. The molecule has 1 N–H and O–H groups in total. The van der Waals surface area contributed by atoms with E-state index in [4.69, 9.17) is 0 Å². The van der Waals surface area contributed by atoms with E-state index in [1.54, 1.807) is 12.4 Å². The van der Waals surface area contributed by atoms with Crippen molar-refractivity contribution < 1.29 is 4.79 Å². The monoisotopic (exact) mass is 312 g/mol. The molecule has 1 atom stereocenters. The first-order chi connectivity index (χ1) is 11.1. The van der Waals surface area contributed by atoms with E-state index in [9.17, 15) is 4.79 Å². The molecule has 0 fully saturated rings. The van der Waals surface area contributed by atoms with Crippen LogP contribution < -0.4 is 5.32 Å². The van der Waals surface area contributed by atoms with Crippen LogP contribution in [0.15, 0.2) is 49.1 Å². The fourth-order valence-corrected chi connectivity index (χ4v) is 2.52. The van der Waals surface area contributed by atoms with Crippen LogP contribution in [-0.2, 0) is 11.3 Å². The molecule has 5 nitrogen and oxygen atoms in total. The maximum atomic E-state index is 12.3. The summed E-state index contributed by atoms with van der Waals surface area (Å²) in [6.07, 6.45) is 7.12. The first kappa shape index (κ1) is 17.1. The zero-order chi connectivity index (χ0) is 16.7. The van der Waals surface area contributed by atoms with Gasteiger partial charge >= 0.3 is 0 Å². The Hall–Kier alpha value is -2.27. The molecule has 0 saturated carbocycles. The van der Waals surface area contributed by atoms with Crippen molar-refractivity contribution in [3.8, 4) is 0 Å². The molecule has 0 aliphatic carbocycles. The lowest BCUT2D eigenvalue weighted by atomic mass is 9.97. The fraction of sp³-hybridized carbons (Fsp3) is 0.389. The molecule has 122 valence electrons. The molecule has 1 unspecified atom stereocenters. The highest BCUT2D eigenvalue weighted by atomic mass is 16.2. The number of rotatable bonds is 7. The molecule has 0 bridgehead atoms. The van der Waals surface area contributed by atoms with Crippen molar-refractivity contribution in [2.75, 3.05) is 13.6 Å². The smallest absolute Gasteiger partial charge is 0.234 e. The maximum Gasteiger partial charge on any atom is 0.234 e. The van der Waals surface area contributed by atoms with Crippen LogP contribution in [0.5, 0.6) is 0 Å². The highest BCUT2D eigenvalue weighted by molar-refractivity contribution is 5.78. The lowest BCUT2D eigenvalue weighted by Crippen LogP contribution is -2.38. The highest BCUT2D eigenvalue weighted by Crippen LogP contribution is 2.20. The molecule has 5 heteroatoms. The number of pyridine rings is 2. The summed E-state index contributed by atoms with van der Waals surface area (Å²) in [5.74, 6) is 0.311. The van der Waals surface area contributed by atoms with Gasteiger partial charge < -0.3 is 5.32 Å². The lowest BCUT2D eigenvalue weighted by molar-refractivity contribution is -0.123. The van der Waals surface area contributed by atoms with Crippen molar-refractivity contribution in [3.05, 3.63) is 60.2 Å². The van der Waals surface area contributed by atoms with E-state index >= 15 is 0 Å². The summed E-state index contributed by atoms with van der Waals surface area (Å²) >= 11 is 0. The molecule has 2 aromatic rings. The highest BCUT2D eigenvalue weighted by Gasteiger charge is 2.19. The Labute approximate surface area is 137 Å². The van der Waals surface area contributed by atoms with Crippen LogP contribution in [0, 0.1) is 5.92 Å². The zero-order valence-electron chi connectivity index (χ0n) is 13.9. The molecule has 23 heavy (non-hydrogen) atoms. The van der Waals surface area contributed by atoms with E-state index in [-0.39, 0.29) is 11.9 Å². The SMILES string of the molecule is CC(C)C(NC(=O)CN(C)Cc1cccnc1)c1cccnc1. The number of nitrogens with one attached hydrogen (secondary N) is 1. The molecule has 0 aliphatic rings. The predicted octanol–water partition coefficient (Wildman–Crippen LogP) is 2.42. The van der Waals surface area contributed by atoms with Gasteiger partial charge in [-0.1, -0.05) is 26.0 Å². The molecule has 2 rings (SSSR count). The van der Waals surface area contributed by atoms with Crippen molar-refractivity contribution >= 4 is 5.91 Å². The summed E-state index contributed by atoms with van der Waals surface area (Å²) in [6, 6.07) is 7.78. The standard InChI is InChI=1S/C18H24N4O/c1-14(2)18(16-7-5-9-20-11-16)21-17(23)13-22(3)12-15-6-4-8-19-10-15/h4-11,14,18H,12-13H2,1-3H3,(H,21,23). The largest absolute Gasteiger partial charge is 0.348 e. The summed E-state index contributed by atoms with van der Waals surface area (Å²) < 4.78 is 0. The Balaban J connectivity index is 1.92. The number of hydrogen-bond acceptors (Lipinski definition) is 4. The van der Waals surface area contributed by atoms with Crippen LogP contribution in [0.25, 0.3) is 0 Å². The zero-order valence-corrected chi connectivity index (χ0v) is 13.9. The van der Waals surface area contributed by atoms with Gasteiger partial charge in [0.05, 0.1) is 12.6 Å². The average molecular weight is 312 g/mol. The molecule has 0 aromatic carbocycles. The van der Waals surface area contributed by atoms with Crippen molar-refractivity contribution in [2.45, 2.75) is 26.4 Å². The van der Waals surface area contributed by atoms with E-state index in [0.717, 1.165) is 11.1 Å². The third-order valence-corrected chi connectivity index (χ3v) is 3.62. The van der Waals surface area contributed by atoms with Gasteiger partial charge in [-0.25, -0.2) is 0 Å². The maximum absolute atomic E-state index is 12.3. The quantitative estimate of drug-likeness (QED) is 0.853. The van der Waals surface area contributed by atoms with Crippen LogP contribution >= 0.6 is 0 Å². The van der Waals surface area contributed by atoms with Crippen molar-refractivity contribution in [2.24, 2.45) is 5.92 Å². The van der Waals surface area contributed by atoms with Gasteiger partial charge in [0.1, 0.15) is 0 Å². The summed E-state index contributed by atoms with van der Waals surface area (Å²) in [4.78, 5) is 22.6. The summed E-state index contributed by atoms with van der Waals surface area (Å²) in [5.41, 5.74) is 2.13. The van der Waals surface area contributed by atoms with Gasteiger partial charge in [-0.05, 0) is 36.2 Å². The second-order valence-electron chi connectivity index (χ2n) is 6.11. The Kier molecular flexibility index (Phi) is 6.23. The van der Waals surface area contributed by atoms with E-state index in [2.05, 4.69) is 29.1 Å². The average Bonchev–Trinajstić information content (AvgIpc) is 2.54. The van der Waals surface area contributed by atoms with Gasteiger partial charge in [-0.15, -0.1) is 0 Å². The normalized spacial score (nSPS) is 12.4. The van der Waals surface area contributed by atoms with Gasteiger partial charge in [-0.3, -0.25) is 19.7 Å². The molecule has 0 spiro atoms. The van der Waals surface area contributed by atoms with Crippen LogP contribution in [0.3, 0.4) is 0 Å². The number of likely N-dealkylation sites (N-methyl/N-ethyl adjacent to an activating group) is 1. The van der Waals surface area contributed by atoms with Gasteiger partial charge in [0, 0.05) is 31.3 Å². The minimum Gasteiger partial charge on any atom is -0.348 e. The van der Waals surface area contributed by atoms with E-state index in [1.165, 1.54) is 0 Å². The minimum absolute atomic E-state index is 0.0129. The molecule has 2 aromatic heterocycles. The number of carbonyl (C=O) groups excluding carboxylic acids is 1. The van der Waals surface area contributed by atoms with E-state index in [1.807, 2.05) is 48.6 Å². The molecule has 2 heterocycles. The number of amides is 1. The van der Waals surface area contributed by atoms with Gasteiger partial charge in [-0.2, -0.15) is 0 Å². The van der Waals surface area contributed by atoms with Gasteiger partial charge in [0.25, 0.3) is 0 Å². The molecule has 1 amide bonds. The molecular weight excluding hydrogens is 288 g/mol. The Morgan fingerprint density at radius 3 is 2.43 bits per heavy atom. The van der Waals surface area contributed by atoms with Crippen LogP contribution in [0.2, 0.25) is 0 Å². The van der Waals surface area contributed by atoms with Crippen LogP contribution in [-0.4, -0.2) is 34.4 Å². The third kappa shape index (κ3) is 5.45. The molecular formula is C18H24N4O. The first-order valence-electron chi connectivity index (χ1n) is 7.83. The van der Waals surface area contributed by atoms with Crippen molar-refractivity contribution in [3.63, 3.8) is 0 Å².